The molecule has 4 saturated carbocycles. The number of hydrogen-bond acceptors (Lipinski definition) is 4. The summed E-state index contributed by atoms with van der Waals surface area (Å²) in [7, 11) is 0. The topological polar surface area (TPSA) is 52.6 Å². The molecule has 4 heteroatoms. The van der Waals surface area contributed by atoms with E-state index in [1.807, 2.05) is 20.8 Å². The molecule has 4 aliphatic rings. The van der Waals surface area contributed by atoms with Crippen molar-refractivity contribution in [2.45, 2.75) is 104 Å². The molecule has 0 heterocycles. The van der Waals surface area contributed by atoms with Crippen molar-refractivity contribution in [2.75, 3.05) is 0 Å². The lowest BCUT2D eigenvalue weighted by Crippen LogP contribution is -2.62. The number of rotatable bonds is 5. The number of ether oxygens (including phenoxy) is 2. The number of carbonyl (C=O) groups is 2. The van der Waals surface area contributed by atoms with Gasteiger partial charge in [-0.3, -0.25) is 9.59 Å². The van der Waals surface area contributed by atoms with Gasteiger partial charge in [-0.15, -0.1) is 0 Å². The van der Waals surface area contributed by atoms with Crippen LogP contribution >= 0.6 is 0 Å². The first kappa shape index (κ1) is 19.7. The summed E-state index contributed by atoms with van der Waals surface area (Å²) >= 11 is 0. The lowest BCUT2D eigenvalue weighted by atomic mass is 9.52. The minimum atomic E-state index is -0.459. The fraction of sp³-hybridized carbons (Fsp3) is 0.909. The highest BCUT2D eigenvalue weighted by atomic mass is 16.6. The maximum Gasteiger partial charge on any atom is 0.312 e. The van der Waals surface area contributed by atoms with E-state index in [0.29, 0.717) is 24.7 Å². The van der Waals surface area contributed by atoms with Crippen LogP contribution in [0.1, 0.15) is 92.9 Å². The summed E-state index contributed by atoms with van der Waals surface area (Å²) in [5.74, 6) is 0.820. The van der Waals surface area contributed by atoms with Crippen LogP contribution in [0.5, 0.6) is 0 Å². The summed E-state index contributed by atoms with van der Waals surface area (Å²) in [5.41, 5.74) is -1.37. The van der Waals surface area contributed by atoms with Crippen molar-refractivity contribution in [1.82, 2.24) is 0 Å². The molecule has 0 spiro atoms. The van der Waals surface area contributed by atoms with Gasteiger partial charge in [0.15, 0.2) is 0 Å². The van der Waals surface area contributed by atoms with E-state index in [-0.39, 0.29) is 17.4 Å². The van der Waals surface area contributed by atoms with Crippen LogP contribution < -0.4 is 0 Å². The minimum Gasteiger partial charge on any atom is -0.459 e. The molecule has 2 unspecified atom stereocenters. The maximum atomic E-state index is 12.8. The molecule has 4 bridgehead atoms. The van der Waals surface area contributed by atoms with Crippen molar-refractivity contribution in [3.8, 4) is 0 Å². The van der Waals surface area contributed by atoms with Gasteiger partial charge in [0.25, 0.3) is 0 Å². The van der Waals surface area contributed by atoms with Gasteiger partial charge in [-0.25, -0.2) is 0 Å². The largest absolute Gasteiger partial charge is 0.459 e. The Morgan fingerprint density at radius 1 is 0.923 bits per heavy atom. The first-order chi connectivity index (χ1) is 11.9. The summed E-state index contributed by atoms with van der Waals surface area (Å²) in [6.45, 7) is 12.1. The molecule has 26 heavy (non-hydrogen) atoms. The third-order valence-electron chi connectivity index (χ3n) is 6.70. The third-order valence-corrected chi connectivity index (χ3v) is 6.70. The molecule has 4 aliphatic carbocycles. The smallest absolute Gasteiger partial charge is 0.312 e. The third kappa shape index (κ3) is 3.94. The van der Waals surface area contributed by atoms with Crippen molar-refractivity contribution in [1.29, 1.82) is 0 Å². The normalized spacial score (nSPS) is 36.1. The van der Waals surface area contributed by atoms with E-state index in [0.717, 1.165) is 32.1 Å². The van der Waals surface area contributed by atoms with Crippen molar-refractivity contribution < 1.29 is 19.1 Å². The Bertz CT molecular complexity index is 569. The maximum absolute atomic E-state index is 12.8. The van der Waals surface area contributed by atoms with Gasteiger partial charge in [-0.1, -0.05) is 27.7 Å². The second kappa shape index (κ2) is 6.24. The van der Waals surface area contributed by atoms with Gasteiger partial charge in [0, 0.05) is 6.42 Å². The molecular weight excluding hydrogens is 328 g/mol. The monoisotopic (exact) mass is 364 g/mol. The first-order valence-electron chi connectivity index (χ1n) is 10.3. The zero-order valence-corrected chi connectivity index (χ0v) is 17.4. The number of hydrogen-bond donors (Lipinski definition) is 0. The zero-order valence-electron chi connectivity index (χ0n) is 17.4. The van der Waals surface area contributed by atoms with Crippen LogP contribution in [-0.2, 0) is 19.1 Å². The van der Waals surface area contributed by atoms with Crippen LogP contribution in [-0.4, -0.2) is 23.1 Å². The molecule has 0 N–H and O–H groups in total. The Labute approximate surface area is 158 Å². The Balaban J connectivity index is 1.76. The Morgan fingerprint density at radius 2 is 1.42 bits per heavy atom. The van der Waals surface area contributed by atoms with Gasteiger partial charge < -0.3 is 9.47 Å². The molecule has 2 atom stereocenters. The summed E-state index contributed by atoms with van der Waals surface area (Å²) < 4.78 is 12.3. The standard InChI is InChI=1S/C22H36O4/c1-7-20(5,6)18(24)26-22-11-15-8-16(12-22)10-21(9-15,14-22)25-17(23)13-19(2,3)4/h15-16H,7-14H2,1-6H3. The lowest BCUT2D eigenvalue weighted by molar-refractivity contribution is -0.235. The summed E-state index contributed by atoms with van der Waals surface area (Å²) in [6.07, 6.45) is 6.83. The van der Waals surface area contributed by atoms with E-state index in [4.69, 9.17) is 9.47 Å². The molecule has 0 radical (unpaired) electrons. The van der Waals surface area contributed by atoms with Crippen molar-refractivity contribution in [3.05, 3.63) is 0 Å². The molecule has 0 aliphatic heterocycles. The number of carbonyl (C=O) groups excluding carboxylic acids is 2. The van der Waals surface area contributed by atoms with Gasteiger partial charge in [0.1, 0.15) is 11.2 Å². The highest BCUT2D eigenvalue weighted by Crippen LogP contribution is 2.60. The molecule has 0 amide bonds. The Kier molecular flexibility index (Phi) is 4.73. The van der Waals surface area contributed by atoms with E-state index in [1.165, 1.54) is 6.42 Å². The van der Waals surface area contributed by atoms with E-state index >= 15 is 0 Å². The van der Waals surface area contributed by atoms with E-state index in [9.17, 15) is 9.59 Å². The molecule has 0 aromatic rings. The second-order valence-electron chi connectivity index (χ2n) is 11.2. The second-order valence-corrected chi connectivity index (χ2v) is 11.2. The molecule has 0 aromatic carbocycles. The highest BCUT2D eigenvalue weighted by molar-refractivity contribution is 5.76. The van der Waals surface area contributed by atoms with Crippen molar-refractivity contribution in [2.24, 2.45) is 22.7 Å². The van der Waals surface area contributed by atoms with Crippen LogP contribution in [0.3, 0.4) is 0 Å². The fourth-order valence-corrected chi connectivity index (χ4v) is 5.52. The van der Waals surface area contributed by atoms with E-state index < -0.39 is 16.6 Å². The van der Waals surface area contributed by atoms with Crippen LogP contribution in [0.2, 0.25) is 0 Å². The van der Waals surface area contributed by atoms with Gasteiger partial charge in [-0.05, 0) is 69.6 Å². The van der Waals surface area contributed by atoms with E-state index in [2.05, 4.69) is 20.8 Å². The summed E-state index contributed by atoms with van der Waals surface area (Å²) in [4.78, 5) is 25.3. The molecule has 4 fully saturated rings. The van der Waals surface area contributed by atoms with Gasteiger partial charge in [0.05, 0.1) is 11.8 Å². The average molecular weight is 365 g/mol. The zero-order chi connectivity index (χ0) is 19.4. The predicted molar refractivity (Wildman–Crippen MR) is 100 cm³/mol. The van der Waals surface area contributed by atoms with Gasteiger partial charge in [-0.2, -0.15) is 0 Å². The molecular formula is C22H36O4. The quantitative estimate of drug-likeness (QED) is 0.642. The first-order valence-corrected chi connectivity index (χ1v) is 10.3. The van der Waals surface area contributed by atoms with Gasteiger partial charge >= 0.3 is 11.9 Å². The SMILES string of the molecule is CCC(C)(C)C(=O)OC12CC3CC(CC(OC(=O)CC(C)(C)C)(C3)C1)C2. The number of esters is 2. The molecule has 4 rings (SSSR count). The minimum absolute atomic E-state index is 0.0747. The summed E-state index contributed by atoms with van der Waals surface area (Å²) in [5, 5.41) is 0. The van der Waals surface area contributed by atoms with Crippen LogP contribution in [0.4, 0.5) is 0 Å². The van der Waals surface area contributed by atoms with Crippen LogP contribution in [0, 0.1) is 22.7 Å². The molecule has 4 nitrogen and oxygen atoms in total. The van der Waals surface area contributed by atoms with Crippen molar-refractivity contribution >= 4 is 11.9 Å². The predicted octanol–water partition coefficient (Wildman–Crippen LogP) is 5.04. The van der Waals surface area contributed by atoms with Crippen molar-refractivity contribution in [3.63, 3.8) is 0 Å². The highest BCUT2D eigenvalue weighted by Gasteiger charge is 2.62. The lowest BCUT2D eigenvalue weighted by Gasteiger charge is -2.60. The summed E-state index contributed by atoms with van der Waals surface area (Å²) in [6, 6.07) is 0. The van der Waals surface area contributed by atoms with Crippen LogP contribution in [0.15, 0.2) is 0 Å². The fourth-order valence-electron chi connectivity index (χ4n) is 5.52. The Hall–Kier alpha value is -1.06. The Morgan fingerprint density at radius 3 is 1.88 bits per heavy atom. The van der Waals surface area contributed by atoms with E-state index in [1.54, 1.807) is 0 Å². The molecule has 148 valence electrons. The average Bonchev–Trinajstić information content (AvgIpc) is 2.42. The van der Waals surface area contributed by atoms with Gasteiger partial charge in [0.2, 0.25) is 0 Å². The molecule has 0 aromatic heterocycles. The molecule has 0 saturated heterocycles. The van der Waals surface area contributed by atoms with Crippen LogP contribution in [0.25, 0.3) is 0 Å².